The SMILES string of the molecule is CC(C)(C)N(C(=O)O)C1CC1(CCOCc1ccccc1)S(N)(=O)=O. The molecule has 1 amide bonds. The Hall–Kier alpha value is -1.64. The Labute approximate surface area is 148 Å². The minimum absolute atomic E-state index is 0.170. The number of nitrogens with two attached hydrogens (primary N) is 1. The standard InChI is InChI=1S/C17H26N2O5S/c1-16(2,3)19(15(20)21)14-11-17(14,25(18,22)23)9-10-24-12-13-7-5-4-6-8-13/h4-8,14H,9-12H2,1-3H3,(H,20,21)(H2,18,22,23). The first-order valence-electron chi connectivity index (χ1n) is 8.15. The van der Waals surface area contributed by atoms with Gasteiger partial charge in [-0.3, -0.25) is 4.90 Å². The molecule has 1 aromatic carbocycles. The van der Waals surface area contributed by atoms with Crippen molar-refractivity contribution in [3.05, 3.63) is 35.9 Å². The van der Waals surface area contributed by atoms with E-state index in [1.54, 1.807) is 20.8 Å². The van der Waals surface area contributed by atoms with Crippen molar-refractivity contribution in [3.63, 3.8) is 0 Å². The van der Waals surface area contributed by atoms with Crippen LogP contribution in [0.1, 0.15) is 39.2 Å². The molecule has 1 fully saturated rings. The number of carbonyl (C=O) groups is 1. The van der Waals surface area contributed by atoms with Crippen molar-refractivity contribution < 1.29 is 23.1 Å². The van der Waals surface area contributed by atoms with Gasteiger partial charge in [0.15, 0.2) is 0 Å². The summed E-state index contributed by atoms with van der Waals surface area (Å²) in [4.78, 5) is 12.8. The first-order chi connectivity index (χ1) is 11.5. The molecule has 1 aliphatic carbocycles. The van der Waals surface area contributed by atoms with E-state index in [-0.39, 0.29) is 19.4 Å². The van der Waals surface area contributed by atoms with Crippen molar-refractivity contribution in [2.45, 2.75) is 56.5 Å². The molecule has 2 atom stereocenters. The zero-order valence-electron chi connectivity index (χ0n) is 14.8. The van der Waals surface area contributed by atoms with Crippen LogP contribution in [-0.2, 0) is 21.4 Å². The van der Waals surface area contributed by atoms with Crippen molar-refractivity contribution >= 4 is 16.1 Å². The van der Waals surface area contributed by atoms with Crippen molar-refractivity contribution in [2.24, 2.45) is 5.14 Å². The van der Waals surface area contributed by atoms with Gasteiger partial charge in [-0.2, -0.15) is 0 Å². The fourth-order valence-electron chi connectivity index (χ4n) is 3.21. The van der Waals surface area contributed by atoms with Gasteiger partial charge >= 0.3 is 6.09 Å². The second-order valence-corrected chi connectivity index (χ2v) is 9.34. The highest BCUT2D eigenvalue weighted by atomic mass is 32.2. The Bertz CT molecular complexity index is 714. The third kappa shape index (κ3) is 4.31. The van der Waals surface area contributed by atoms with Crippen LogP contribution in [0.4, 0.5) is 4.79 Å². The Morgan fingerprint density at radius 1 is 1.36 bits per heavy atom. The number of benzene rings is 1. The summed E-state index contributed by atoms with van der Waals surface area (Å²) in [6.45, 7) is 5.77. The van der Waals surface area contributed by atoms with Crippen LogP contribution in [0.2, 0.25) is 0 Å². The van der Waals surface area contributed by atoms with Crippen molar-refractivity contribution in [3.8, 4) is 0 Å². The quantitative estimate of drug-likeness (QED) is 0.715. The van der Waals surface area contributed by atoms with Crippen LogP contribution < -0.4 is 5.14 Å². The molecule has 0 radical (unpaired) electrons. The molecule has 0 saturated heterocycles. The molecule has 0 bridgehead atoms. The van der Waals surface area contributed by atoms with Gasteiger partial charge in [0, 0.05) is 12.1 Å². The van der Waals surface area contributed by atoms with Crippen LogP contribution >= 0.6 is 0 Å². The molecule has 1 aromatic rings. The fraction of sp³-hybridized carbons (Fsp3) is 0.588. The zero-order valence-corrected chi connectivity index (χ0v) is 15.6. The third-order valence-electron chi connectivity index (χ3n) is 4.57. The molecule has 25 heavy (non-hydrogen) atoms. The monoisotopic (exact) mass is 370 g/mol. The van der Waals surface area contributed by atoms with Crippen molar-refractivity contribution in [1.82, 2.24) is 4.90 Å². The first-order valence-corrected chi connectivity index (χ1v) is 9.70. The number of primary sulfonamides is 1. The number of rotatable bonds is 7. The molecule has 1 saturated carbocycles. The topological polar surface area (TPSA) is 110 Å². The number of sulfonamides is 1. The van der Waals surface area contributed by atoms with Crippen molar-refractivity contribution in [2.75, 3.05) is 6.61 Å². The molecule has 7 nitrogen and oxygen atoms in total. The summed E-state index contributed by atoms with van der Waals surface area (Å²) in [6.07, 6.45) is -0.777. The summed E-state index contributed by atoms with van der Waals surface area (Å²) < 4.78 is 28.6. The predicted molar refractivity (Wildman–Crippen MR) is 94.6 cm³/mol. The second kappa shape index (κ2) is 6.93. The summed E-state index contributed by atoms with van der Waals surface area (Å²) in [6, 6.07) is 8.88. The third-order valence-corrected chi connectivity index (χ3v) is 6.35. The highest BCUT2D eigenvalue weighted by Crippen LogP contribution is 2.50. The average Bonchev–Trinajstić information content (AvgIpc) is 3.18. The second-order valence-electron chi connectivity index (χ2n) is 7.44. The van der Waals surface area contributed by atoms with Crippen LogP contribution in [0, 0.1) is 0 Å². The number of carboxylic acid groups (broad SMARTS) is 1. The van der Waals surface area contributed by atoms with Gasteiger partial charge in [0.2, 0.25) is 10.0 Å². The number of hydrogen-bond acceptors (Lipinski definition) is 4. The van der Waals surface area contributed by atoms with E-state index in [1.807, 2.05) is 30.3 Å². The summed E-state index contributed by atoms with van der Waals surface area (Å²) in [5, 5.41) is 14.9. The van der Waals surface area contributed by atoms with Crippen LogP contribution in [0.15, 0.2) is 30.3 Å². The van der Waals surface area contributed by atoms with Crippen molar-refractivity contribution in [1.29, 1.82) is 0 Å². The lowest BCUT2D eigenvalue weighted by atomic mass is 10.1. The number of amides is 1. The van der Waals surface area contributed by atoms with Gasteiger partial charge in [0.25, 0.3) is 0 Å². The van der Waals surface area contributed by atoms with E-state index >= 15 is 0 Å². The molecule has 0 heterocycles. The molecular weight excluding hydrogens is 344 g/mol. The van der Waals surface area contributed by atoms with E-state index in [0.717, 1.165) is 5.56 Å². The maximum absolute atomic E-state index is 12.1. The zero-order chi connectivity index (χ0) is 18.9. The summed E-state index contributed by atoms with van der Waals surface area (Å²) in [5.74, 6) is 0. The van der Waals surface area contributed by atoms with Crippen LogP contribution in [0.25, 0.3) is 0 Å². The van der Waals surface area contributed by atoms with E-state index in [9.17, 15) is 18.3 Å². The molecule has 2 unspecified atom stereocenters. The first kappa shape index (κ1) is 19.7. The number of ether oxygens (including phenoxy) is 1. The van der Waals surface area contributed by atoms with E-state index in [2.05, 4.69) is 0 Å². The molecule has 0 spiro atoms. The van der Waals surface area contributed by atoms with Gasteiger partial charge in [-0.05, 0) is 39.2 Å². The minimum Gasteiger partial charge on any atom is -0.465 e. The summed E-state index contributed by atoms with van der Waals surface area (Å²) >= 11 is 0. The molecule has 2 rings (SSSR count). The molecular formula is C17H26N2O5S. The lowest BCUT2D eigenvalue weighted by molar-refractivity contribution is 0.0868. The smallest absolute Gasteiger partial charge is 0.408 e. The van der Waals surface area contributed by atoms with Gasteiger partial charge < -0.3 is 9.84 Å². The average molecular weight is 370 g/mol. The largest absolute Gasteiger partial charge is 0.465 e. The van der Waals surface area contributed by atoms with Gasteiger partial charge in [-0.15, -0.1) is 0 Å². The normalized spacial score (nSPS) is 23.3. The molecule has 1 aliphatic rings. The molecule has 3 N–H and O–H groups in total. The van der Waals surface area contributed by atoms with Crippen LogP contribution in [0.3, 0.4) is 0 Å². The van der Waals surface area contributed by atoms with Crippen LogP contribution in [0.5, 0.6) is 0 Å². The van der Waals surface area contributed by atoms with E-state index in [4.69, 9.17) is 9.88 Å². The van der Waals surface area contributed by atoms with Gasteiger partial charge in [0.1, 0.15) is 4.75 Å². The molecule has 0 aliphatic heterocycles. The van der Waals surface area contributed by atoms with E-state index in [0.29, 0.717) is 6.61 Å². The lowest BCUT2D eigenvalue weighted by Crippen LogP contribution is -2.51. The Balaban J connectivity index is 2.05. The number of nitrogens with zero attached hydrogens (tertiary/aromatic N) is 1. The van der Waals surface area contributed by atoms with E-state index in [1.165, 1.54) is 4.90 Å². The number of hydrogen-bond donors (Lipinski definition) is 2. The Morgan fingerprint density at radius 2 is 1.96 bits per heavy atom. The lowest BCUT2D eigenvalue weighted by Gasteiger charge is -2.35. The van der Waals surface area contributed by atoms with Crippen LogP contribution in [-0.4, -0.2) is 47.5 Å². The maximum atomic E-state index is 12.1. The van der Waals surface area contributed by atoms with Gasteiger partial charge in [0.05, 0.1) is 12.6 Å². The van der Waals surface area contributed by atoms with Gasteiger partial charge in [-0.1, -0.05) is 30.3 Å². The maximum Gasteiger partial charge on any atom is 0.408 e. The predicted octanol–water partition coefficient (Wildman–Crippen LogP) is 2.17. The minimum atomic E-state index is -3.91. The highest BCUT2D eigenvalue weighted by Gasteiger charge is 2.67. The van der Waals surface area contributed by atoms with E-state index < -0.39 is 32.4 Å². The molecule has 0 aromatic heterocycles. The van der Waals surface area contributed by atoms with Gasteiger partial charge in [-0.25, -0.2) is 18.4 Å². The summed E-state index contributed by atoms with van der Waals surface area (Å²) in [5.41, 5.74) is 0.273. The Morgan fingerprint density at radius 3 is 2.44 bits per heavy atom. The fourth-order valence-corrected chi connectivity index (χ4v) is 4.45. The summed E-state index contributed by atoms with van der Waals surface area (Å²) in [7, 11) is -3.91. The Kier molecular flexibility index (Phi) is 5.46. The molecule has 8 heteroatoms. The molecule has 140 valence electrons. The highest BCUT2D eigenvalue weighted by molar-refractivity contribution is 7.91.